The summed E-state index contributed by atoms with van der Waals surface area (Å²) in [5, 5.41) is 0. The molecule has 136 valence electrons. The highest BCUT2D eigenvalue weighted by Crippen LogP contribution is 2.40. The van der Waals surface area contributed by atoms with E-state index in [9.17, 15) is 0 Å². The Labute approximate surface area is 156 Å². The lowest BCUT2D eigenvalue weighted by atomic mass is 9.72. The minimum absolute atomic E-state index is 0.311. The fourth-order valence-corrected chi connectivity index (χ4v) is 3.14. The second-order valence-corrected chi connectivity index (χ2v) is 8.07. The summed E-state index contributed by atoms with van der Waals surface area (Å²) in [6.07, 6.45) is 23.3. The average molecular weight is 337 g/mol. The molecule has 0 saturated carbocycles. The molecule has 0 spiro atoms. The van der Waals surface area contributed by atoms with E-state index < -0.39 is 0 Å². The molecular weight excluding hydrogens is 300 g/mol. The summed E-state index contributed by atoms with van der Waals surface area (Å²) in [5.41, 5.74) is 7.24. The van der Waals surface area contributed by atoms with Crippen molar-refractivity contribution in [2.75, 3.05) is 0 Å². The molecule has 1 aliphatic rings. The van der Waals surface area contributed by atoms with E-state index in [1.54, 1.807) is 5.57 Å². The molecule has 0 atom stereocenters. The molecule has 0 aromatic heterocycles. The topological polar surface area (TPSA) is 0 Å². The Morgan fingerprint density at radius 3 is 2.08 bits per heavy atom. The molecule has 0 unspecified atom stereocenters. The second kappa shape index (κ2) is 10.2. The van der Waals surface area contributed by atoms with Gasteiger partial charge in [0.15, 0.2) is 0 Å². The predicted octanol–water partition coefficient (Wildman–Crippen LogP) is 8.04. The highest BCUT2D eigenvalue weighted by atomic mass is 14.3. The van der Waals surface area contributed by atoms with Gasteiger partial charge in [0.05, 0.1) is 0 Å². The standard InChI is InChI=1S/C25H36/c1-20(2)12-8-9-13-21(3)14-10-15-22(4)17-18-24-23(5)16-11-19-25(24,6)7/h8-10,12-15,17-18H,11,16,19H2,1-7H3. The highest BCUT2D eigenvalue weighted by molar-refractivity contribution is 5.37. The summed E-state index contributed by atoms with van der Waals surface area (Å²) in [6, 6.07) is 0. The first-order valence-corrected chi connectivity index (χ1v) is 9.44. The first-order chi connectivity index (χ1) is 11.7. The second-order valence-electron chi connectivity index (χ2n) is 8.07. The van der Waals surface area contributed by atoms with Crippen molar-refractivity contribution in [2.24, 2.45) is 5.41 Å². The van der Waals surface area contributed by atoms with E-state index in [2.05, 4.69) is 103 Å². The van der Waals surface area contributed by atoms with Gasteiger partial charge >= 0.3 is 0 Å². The Morgan fingerprint density at radius 2 is 1.44 bits per heavy atom. The van der Waals surface area contributed by atoms with Gasteiger partial charge in [-0.2, -0.15) is 0 Å². The van der Waals surface area contributed by atoms with Crippen LogP contribution in [0.4, 0.5) is 0 Å². The maximum Gasteiger partial charge on any atom is -0.0104 e. The summed E-state index contributed by atoms with van der Waals surface area (Å²) in [4.78, 5) is 0. The van der Waals surface area contributed by atoms with Crippen molar-refractivity contribution in [1.82, 2.24) is 0 Å². The number of hydrogen-bond acceptors (Lipinski definition) is 0. The van der Waals surface area contributed by atoms with E-state index in [4.69, 9.17) is 0 Å². The van der Waals surface area contributed by atoms with E-state index in [1.807, 2.05) is 0 Å². The average Bonchev–Trinajstić information content (AvgIpc) is 2.50. The van der Waals surface area contributed by atoms with Gasteiger partial charge in [-0.3, -0.25) is 0 Å². The first kappa shape index (κ1) is 21.2. The maximum atomic E-state index is 2.37. The van der Waals surface area contributed by atoms with Crippen LogP contribution in [-0.2, 0) is 0 Å². The van der Waals surface area contributed by atoms with Crippen LogP contribution in [0, 0.1) is 5.41 Å². The van der Waals surface area contributed by atoms with Crippen molar-refractivity contribution in [3.8, 4) is 0 Å². The van der Waals surface area contributed by atoms with Gasteiger partial charge in [0.1, 0.15) is 0 Å². The van der Waals surface area contributed by atoms with Gasteiger partial charge in [0.2, 0.25) is 0 Å². The summed E-state index contributed by atoms with van der Waals surface area (Å²) < 4.78 is 0. The third-order valence-corrected chi connectivity index (χ3v) is 4.67. The van der Waals surface area contributed by atoms with Crippen LogP contribution < -0.4 is 0 Å². The predicted molar refractivity (Wildman–Crippen MR) is 115 cm³/mol. The molecular formula is C25H36. The molecule has 0 heteroatoms. The molecule has 0 nitrogen and oxygen atoms in total. The van der Waals surface area contributed by atoms with E-state index in [-0.39, 0.29) is 0 Å². The van der Waals surface area contributed by atoms with Gasteiger partial charge in [-0.25, -0.2) is 0 Å². The zero-order valence-corrected chi connectivity index (χ0v) is 17.3. The lowest BCUT2D eigenvalue weighted by molar-refractivity contribution is 0.377. The van der Waals surface area contributed by atoms with Crippen molar-refractivity contribution in [3.05, 3.63) is 82.5 Å². The number of rotatable bonds is 6. The van der Waals surface area contributed by atoms with Gasteiger partial charge in [-0.15, -0.1) is 0 Å². The maximum absolute atomic E-state index is 2.37. The van der Waals surface area contributed by atoms with Crippen molar-refractivity contribution in [3.63, 3.8) is 0 Å². The Morgan fingerprint density at radius 1 is 0.840 bits per heavy atom. The zero-order chi connectivity index (χ0) is 18.9. The van der Waals surface area contributed by atoms with Crippen LogP contribution in [0.5, 0.6) is 0 Å². The Hall–Kier alpha value is -1.82. The lowest BCUT2D eigenvalue weighted by Crippen LogP contribution is -2.19. The van der Waals surface area contributed by atoms with Gasteiger partial charge < -0.3 is 0 Å². The molecule has 0 fully saturated rings. The molecule has 0 saturated heterocycles. The van der Waals surface area contributed by atoms with Crippen LogP contribution in [0.3, 0.4) is 0 Å². The largest absolute Gasteiger partial charge is 0.0764 e. The van der Waals surface area contributed by atoms with Crippen LogP contribution in [0.25, 0.3) is 0 Å². The lowest BCUT2D eigenvalue weighted by Gasteiger charge is -2.32. The molecule has 0 aliphatic heterocycles. The quantitative estimate of drug-likeness (QED) is 0.430. The Kier molecular flexibility index (Phi) is 8.69. The fourth-order valence-electron chi connectivity index (χ4n) is 3.14. The van der Waals surface area contributed by atoms with Crippen molar-refractivity contribution < 1.29 is 0 Å². The van der Waals surface area contributed by atoms with Crippen LogP contribution in [0.2, 0.25) is 0 Å². The van der Waals surface area contributed by atoms with Crippen molar-refractivity contribution in [2.45, 2.75) is 67.7 Å². The first-order valence-electron chi connectivity index (χ1n) is 9.44. The van der Waals surface area contributed by atoms with Crippen LogP contribution in [-0.4, -0.2) is 0 Å². The molecule has 1 rings (SSSR count). The van der Waals surface area contributed by atoms with E-state index in [0.29, 0.717) is 5.41 Å². The third kappa shape index (κ3) is 8.20. The highest BCUT2D eigenvalue weighted by Gasteiger charge is 2.26. The van der Waals surface area contributed by atoms with E-state index in [0.717, 1.165) is 0 Å². The molecule has 0 bridgehead atoms. The molecule has 0 N–H and O–H groups in total. The number of hydrogen-bond donors (Lipinski definition) is 0. The normalized spacial score (nSPS) is 19.5. The monoisotopic (exact) mass is 336 g/mol. The van der Waals surface area contributed by atoms with Gasteiger partial charge in [0.25, 0.3) is 0 Å². The minimum atomic E-state index is 0.311. The molecule has 0 radical (unpaired) electrons. The molecule has 1 aliphatic carbocycles. The van der Waals surface area contributed by atoms with E-state index in [1.165, 1.54) is 41.6 Å². The molecule has 0 amide bonds. The Bertz CT molecular complexity index is 648. The summed E-state index contributed by atoms with van der Waals surface area (Å²) in [7, 11) is 0. The summed E-state index contributed by atoms with van der Waals surface area (Å²) in [5.74, 6) is 0. The number of allylic oxidation sites excluding steroid dienone is 14. The van der Waals surface area contributed by atoms with Gasteiger partial charge in [0, 0.05) is 0 Å². The summed E-state index contributed by atoms with van der Waals surface area (Å²) in [6.45, 7) is 15.5. The van der Waals surface area contributed by atoms with Crippen molar-refractivity contribution in [1.29, 1.82) is 0 Å². The van der Waals surface area contributed by atoms with Crippen LogP contribution >= 0.6 is 0 Å². The van der Waals surface area contributed by atoms with E-state index >= 15 is 0 Å². The zero-order valence-electron chi connectivity index (χ0n) is 17.3. The Balaban J connectivity index is 2.71. The van der Waals surface area contributed by atoms with Crippen molar-refractivity contribution >= 4 is 0 Å². The SMILES string of the molecule is CC(C)=CC=CC=C(C)C=CC=C(C)C=CC1=C(C)CCCC1(C)C. The van der Waals surface area contributed by atoms with Gasteiger partial charge in [-0.1, -0.05) is 90.8 Å². The smallest absolute Gasteiger partial charge is 0.0104 e. The molecule has 0 aromatic rings. The van der Waals surface area contributed by atoms with Gasteiger partial charge in [-0.05, 0) is 64.9 Å². The fraction of sp³-hybridized carbons (Fsp3) is 0.440. The molecule has 25 heavy (non-hydrogen) atoms. The third-order valence-electron chi connectivity index (χ3n) is 4.67. The molecule has 0 aromatic carbocycles. The van der Waals surface area contributed by atoms with Crippen LogP contribution in [0.1, 0.15) is 67.7 Å². The van der Waals surface area contributed by atoms with Crippen LogP contribution in [0.15, 0.2) is 82.5 Å². The molecule has 0 heterocycles. The summed E-state index contributed by atoms with van der Waals surface area (Å²) >= 11 is 0. The minimum Gasteiger partial charge on any atom is -0.0764 e.